The Morgan fingerprint density at radius 3 is 2.29 bits per heavy atom. The summed E-state index contributed by atoms with van der Waals surface area (Å²) in [5.41, 5.74) is -0.958. The first-order chi connectivity index (χ1) is 12.7. The Bertz CT molecular complexity index is 852. The smallest absolute Gasteiger partial charge is 0.256 e. The zero-order valence-corrected chi connectivity index (χ0v) is 15.7. The molecule has 0 atom stereocenters. The number of nitrogens with one attached hydrogen (secondary N) is 1. The van der Waals surface area contributed by atoms with Crippen molar-refractivity contribution in [2.45, 2.75) is 40.7 Å². The van der Waals surface area contributed by atoms with Crippen molar-refractivity contribution in [2.75, 3.05) is 18.4 Å². The number of rotatable bonds is 3. The van der Waals surface area contributed by atoms with Crippen molar-refractivity contribution in [1.29, 1.82) is 0 Å². The summed E-state index contributed by atoms with van der Waals surface area (Å²) in [4.78, 5) is 13.8. The molecule has 0 saturated carbocycles. The fourth-order valence-electron chi connectivity index (χ4n) is 2.80. The average molecular weight is 398 g/mol. The summed E-state index contributed by atoms with van der Waals surface area (Å²) in [6.07, 6.45) is 0. The first kappa shape index (κ1) is 23.5. The van der Waals surface area contributed by atoms with Gasteiger partial charge in [-0.1, -0.05) is 27.3 Å². The summed E-state index contributed by atoms with van der Waals surface area (Å²) >= 11 is 0. The van der Waals surface area contributed by atoms with Gasteiger partial charge in [-0.05, 0) is 43.7 Å². The molecule has 28 heavy (non-hydrogen) atoms. The van der Waals surface area contributed by atoms with Gasteiger partial charge in [0.2, 0.25) is 0 Å². The number of aryl methyl sites for hydroxylation is 1. The molecule has 0 spiro atoms. The van der Waals surface area contributed by atoms with Gasteiger partial charge in [-0.25, -0.2) is 13.2 Å². The van der Waals surface area contributed by atoms with Crippen molar-refractivity contribution in [1.82, 2.24) is 4.90 Å². The number of aliphatic hydroxyl groups is 1. The Labute approximate surface area is 165 Å². The van der Waals surface area contributed by atoms with E-state index < -0.39 is 34.6 Å². The minimum Gasteiger partial charge on any atom is -0.386 e. The number of carbonyl (C=O) groups is 1. The second kappa shape index (κ2) is 9.10. The predicted octanol–water partition coefficient (Wildman–Crippen LogP) is 5.27. The Morgan fingerprint density at radius 2 is 1.75 bits per heavy atom. The summed E-state index contributed by atoms with van der Waals surface area (Å²) < 4.78 is 41.9. The third-order valence-electron chi connectivity index (χ3n) is 4.06. The van der Waals surface area contributed by atoms with Gasteiger partial charge in [-0.3, -0.25) is 4.79 Å². The maximum Gasteiger partial charge on any atom is 0.256 e. The van der Waals surface area contributed by atoms with Crippen molar-refractivity contribution in [2.24, 2.45) is 0 Å². The SMILES string of the molecule is C.CC.Cc1ccc(Nc2c(C(=O)N3CC(C)(O)C3)ccc(F)c2F)c(F)c1.[HH]. The molecule has 7 heteroatoms. The van der Waals surface area contributed by atoms with Crippen LogP contribution < -0.4 is 5.32 Å². The summed E-state index contributed by atoms with van der Waals surface area (Å²) in [5.74, 6) is -3.63. The number of carbonyl (C=O) groups excluding carboxylic acids is 1. The van der Waals surface area contributed by atoms with Gasteiger partial charge < -0.3 is 15.3 Å². The van der Waals surface area contributed by atoms with Crippen LogP contribution >= 0.6 is 0 Å². The van der Waals surface area contributed by atoms with E-state index in [0.717, 1.165) is 12.1 Å². The molecule has 0 radical (unpaired) electrons. The Hall–Kier alpha value is -2.54. The molecule has 2 aromatic carbocycles. The molecule has 1 fully saturated rings. The summed E-state index contributed by atoms with van der Waals surface area (Å²) in [6, 6.07) is 6.22. The van der Waals surface area contributed by atoms with Crippen LogP contribution in [-0.4, -0.2) is 34.6 Å². The van der Waals surface area contributed by atoms with E-state index in [1.165, 1.54) is 17.0 Å². The topological polar surface area (TPSA) is 52.6 Å². The van der Waals surface area contributed by atoms with Crippen LogP contribution in [0.2, 0.25) is 0 Å². The molecule has 1 heterocycles. The van der Waals surface area contributed by atoms with Crippen LogP contribution in [0.15, 0.2) is 30.3 Å². The lowest BCUT2D eigenvalue weighted by Crippen LogP contribution is -2.61. The van der Waals surface area contributed by atoms with Gasteiger partial charge in [0.25, 0.3) is 5.91 Å². The molecule has 1 aliphatic heterocycles. The van der Waals surface area contributed by atoms with E-state index in [9.17, 15) is 23.1 Å². The van der Waals surface area contributed by atoms with Gasteiger partial charge in [-0.2, -0.15) is 0 Å². The van der Waals surface area contributed by atoms with Gasteiger partial charge in [-0.15, -0.1) is 0 Å². The van der Waals surface area contributed by atoms with E-state index in [1.807, 2.05) is 13.8 Å². The maximum absolute atomic E-state index is 14.3. The van der Waals surface area contributed by atoms with Gasteiger partial charge in [0.15, 0.2) is 11.6 Å². The van der Waals surface area contributed by atoms with Gasteiger partial charge >= 0.3 is 0 Å². The molecule has 2 N–H and O–H groups in total. The van der Waals surface area contributed by atoms with Crippen LogP contribution in [0.4, 0.5) is 24.5 Å². The number of hydrogen-bond acceptors (Lipinski definition) is 3. The van der Waals surface area contributed by atoms with E-state index in [1.54, 1.807) is 19.9 Å². The molecule has 2 aromatic rings. The minimum atomic E-state index is -1.27. The number of hydrogen-bond donors (Lipinski definition) is 2. The minimum absolute atomic E-state index is 0. The molecule has 0 bridgehead atoms. The van der Waals surface area contributed by atoms with Crippen molar-refractivity contribution < 1.29 is 24.5 Å². The number of halogens is 3. The molecular formula is C21H29F3N2O2. The molecule has 1 aliphatic rings. The molecule has 0 aliphatic carbocycles. The maximum atomic E-state index is 14.3. The summed E-state index contributed by atoms with van der Waals surface area (Å²) in [7, 11) is 0. The lowest BCUT2D eigenvalue weighted by atomic mass is 9.95. The Morgan fingerprint density at radius 1 is 1.14 bits per heavy atom. The molecule has 156 valence electrons. The highest BCUT2D eigenvalue weighted by atomic mass is 19.2. The van der Waals surface area contributed by atoms with Gasteiger partial charge in [0, 0.05) is 1.43 Å². The number of anilines is 2. The van der Waals surface area contributed by atoms with Gasteiger partial charge in [0.05, 0.1) is 35.6 Å². The van der Waals surface area contributed by atoms with Crippen LogP contribution in [-0.2, 0) is 0 Å². The molecule has 1 saturated heterocycles. The number of β-amino-alcohol motifs (C(OH)–C–C–N with tert-alkyl or cyclic N) is 1. The fourth-order valence-corrected chi connectivity index (χ4v) is 2.80. The van der Waals surface area contributed by atoms with E-state index in [4.69, 9.17) is 0 Å². The first-order valence-electron chi connectivity index (χ1n) is 8.71. The largest absolute Gasteiger partial charge is 0.386 e. The number of amides is 1. The Balaban J connectivity index is 0.00000190. The lowest BCUT2D eigenvalue weighted by molar-refractivity contribution is -0.0668. The standard InChI is InChI=1S/C18H17F3N2O2.C2H6.CH4.H2/c1-10-3-6-14(13(20)7-10)22-16-11(4-5-12(19)15(16)21)17(24)23-8-18(2,25)9-23;1-2;;/h3-7,22,25H,8-9H2,1-2H3;1-2H3;1H4;1H. The van der Waals surface area contributed by atoms with Crippen molar-refractivity contribution in [3.8, 4) is 0 Å². The van der Waals surface area contributed by atoms with Gasteiger partial charge in [0.1, 0.15) is 5.82 Å². The van der Waals surface area contributed by atoms with E-state index in [2.05, 4.69) is 5.32 Å². The molecule has 0 unspecified atom stereocenters. The van der Waals surface area contributed by atoms with E-state index in [0.29, 0.717) is 5.56 Å². The summed E-state index contributed by atoms with van der Waals surface area (Å²) in [5, 5.41) is 12.2. The number of benzene rings is 2. The summed E-state index contributed by atoms with van der Waals surface area (Å²) in [6.45, 7) is 7.44. The molecule has 0 aromatic heterocycles. The fraction of sp³-hybridized carbons (Fsp3) is 0.381. The quantitative estimate of drug-likeness (QED) is 0.740. The van der Waals surface area contributed by atoms with Crippen molar-refractivity contribution in [3.05, 3.63) is 58.9 Å². The highest BCUT2D eigenvalue weighted by Gasteiger charge is 2.40. The van der Waals surface area contributed by atoms with Crippen molar-refractivity contribution >= 4 is 17.3 Å². The number of nitrogens with zero attached hydrogens (tertiary/aromatic N) is 1. The highest BCUT2D eigenvalue weighted by molar-refractivity contribution is 6.01. The third-order valence-corrected chi connectivity index (χ3v) is 4.06. The Kier molecular flexibility index (Phi) is 7.64. The molecular weight excluding hydrogens is 369 g/mol. The van der Waals surface area contributed by atoms with Crippen LogP contribution in [0.25, 0.3) is 0 Å². The monoisotopic (exact) mass is 398 g/mol. The van der Waals surface area contributed by atoms with E-state index >= 15 is 0 Å². The normalized spacial score (nSPS) is 14.2. The van der Waals surface area contributed by atoms with Crippen LogP contribution in [0.1, 0.15) is 45.5 Å². The van der Waals surface area contributed by atoms with Crippen LogP contribution in [0.5, 0.6) is 0 Å². The van der Waals surface area contributed by atoms with Crippen LogP contribution in [0.3, 0.4) is 0 Å². The van der Waals surface area contributed by atoms with E-state index in [-0.39, 0.29) is 33.2 Å². The average Bonchev–Trinajstić information content (AvgIpc) is 2.60. The lowest BCUT2D eigenvalue weighted by Gasteiger charge is -2.44. The third kappa shape index (κ3) is 4.84. The zero-order valence-electron chi connectivity index (χ0n) is 15.7. The van der Waals surface area contributed by atoms with Crippen LogP contribution in [0, 0.1) is 24.4 Å². The zero-order chi connectivity index (χ0) is 20.4. The van der Waals surface area contributed by atoms with Crippen molar-refractivity contribution in [3.63, 3.8) is 0 Å². The highest BCUT2D eigenvalue weighted by Crippen LogP contribution is 2.31. The predicted molar refractivity (Wildman–Crippen MR) is 107 cm³/mol. The molecule has 4 nitrogen and oxygen atoms in total. The second-order valence-electron chi connectivity index (χ2n) is 6.55. The number of likely N-dealkylation sites (tertiary alicyclic amines) is 1. The first-order valence-corrected chi connectivity index (χ1v) is 8.71. The molecule has 1 amide bonds. The second-order valence-corrected chi connectivity index (χ2v) is 6.55. The molecule has 3 rings (SSSR count).